The number of anilines is 1. The number of nitrogens with two attached hydrogens (primary N) is 1. The predicted octanol–water partition coefficient (Wildman–Crippen LogP) is 3.96. The van der Waals surface area contributed by atoms with E-state index in [1.807, 2.05) is 68.4 Å². The second kappa shape index (κ2) is 8.58. The summed E-state index contributed by atoms with van der Waals surface area (Å²) >= 11 is 4.77. The fraction of sp³-hybridized carbons (Fsp3) is 0.211. The largest absolute Gasteiger partial charge is 0.335 e. The lowest BCUT2D eigenvalue weighted by molar-refractivity contribution is -0.116. The van der Waals surface area contributed by atoms with E-state index < -0.39 is 0 Å². The number of aromatic nitrogens is 3. The molecule has 6 nitrogen and oxygen atoms in total. The Morgan fingerprint density at radius 2 is 1.81 bits per heavy atom. The van der Waals surface area contributed by atoms with Crippen LogP contribution < -0.4 is 10.7 Å². The first kappa shape index (κ1) is 19.4. The van der Waals surface area contributed by atoms with Gasteiger partial charge in [0.1, 0.15) is 0 Å². The monoisotopic (exact) mass is 445 g/mol. The zero-order chi connectivity index (χ0) is 19.4. The van der Waals surface area contributed by atoms with Crippen LogP contribution in [0.15, 0.2) is 64.2 Å². The van der Waals surface area contributed by atoms with Crippen LogP contribution in [0.25, 0.3) is 11.4 Å². The van der Waals surface area contributed by atoms with Gasteiger partial charge < -0.3 is 10.7 Å². The zero-order valence-corrected chi connectivity index (χ0v) is 17.4. The van der Waals surface area contributed by atoms with Gasteiger partial charge in [0, 0.05) is 21.8 Å². The van der Waals surface area contributed by atoms with Crippen molar-refractivity contribution < 1.29 is 4.79 Å². The Morgan fingerprint density at radius 3 is 2.48 bits per heavy atom. The third kappa shape index (κ3) is 4.33. The maximum atomic E-state index is 12.8. The van der Waals surface area contributed by atoms with Crippen molar-refractivity contribution in [2.24, 2.45) is 0 Å². The molecule has 1 heterocycles. The van der Waals surface area contributed by atoms with Crippen molar-refractivity contribution in [3.8, 4) is 11.4 Å². The minimum absolute atomic E-state index is 0.00774. The van der Waals surface area contributed by atoms with Gasteiger partial charge in [-0.25, -0.2) is 4.68 Å². The van der Waals surface area contributed by atoms with Gasteiger partial charge in [-0.1, -0.05) is 58.0 Å². The number of carbonyl (C=O) groups excluding carboxylic acids is 1. The minimum Gasteiger partial charge on any atom is -0.335 e. The van der Waals surface area contributed by atoms with E-state index in [4.69, 9.17) is 5.84 Å². The summed E-state index contributed by atoms with van der Waals surface area (Å²) in [6.45, 7) is 3.98. The quantitative estimate of drug-likeness (QED) is 0.458. The standard InChI is InChI=1S/C19H20BrN5OS/c1-13(2)24(14-8-4-3-5-9-14)17(26)12-27-19-23-22-18(25(19)21)15-10-6-7-11-16(15)20/h3-11,13H,12,21H2,1-2H3. The summed E-state index contributed by atoms with van der Waals surface area (Å²) in [4.78, 5) is 14.6. The van der Waals surface area contributed by atoms with Crippen LogP contribution in [0, 0.1) is 0 Å². The summed E-state index contributed by atoms with van der Waals surface area (Å²) in [6.07, 6.45) is 0. The van der Waals surface area contributed by atoms with Gasteiger partial charge >= 0.3 is 0 Å². The van der Waals surface area contributed by atoms with Gasteiger partial charge in [0.15, 0.2) is 5.82 Å². The normalized spacial score (nSPS) is 11.0. The van der Waals surface area contributed by atoms with Crippen LogP contribution in [0.4, 0.5) is 5.69 Å². The molecule has 2 N–H and O–H groups in total. The molecule has 3 aromatic rings. The Labute approximate surface area is 170 Å². The molecule has 3 rings (SSSR count). The number of thioether (sulfide) groups is 1. The molecular weight excluding hydrogens is 426 g/mol. The van der Waals surface area contributed by atoms with Crippen LogP contribution in [-0.4, -0.2) is 32.6 Å². The van der Waals surface area contributed by atoms with E-state index in [-0.39, 0.29) is 17.7 Å². The number of nitrogens with zero attached hydrogens (tertiary/aromatic N) is 4. The van der Waals surface area contributed by atoms with Gasteiger partial charge in [-0.2, -0.15) is 0 Å². The number of nitrogen functional groups attached to an aromatic ring is 1. The summed E-state index contributed by atoms with van der Waals surface area (Å²) in [5, 5.41) is 8.81. The number of hydrogen-bond donors (Lipinski definition) is 1. The Balaban J connectivity index is 1.75. The van der Waals surface area contributed by atoms with Crippen molar-refractivity contribution in [2.75, 3.05) is 16.5 Å². The molecule has 0 aliphatic heterocycles. The number of halogens is 1. The molecule has 0 aliphatic rings. The molecule has 27 heavy (non-hydrogen) atoms. The van der Waals surface area contributed by atoms with Gasteiger partial charge in [-0.15, -0.1) is 10.2 Å². The van der Waals surface area contributed by atoms with Gasteiger partial charge in [-0.3, -0.25) is 4.79 Å². The van der Waals surface area contributed by atoms with Crippen LogP contribution in [0.1, 0.15) is 13.8 Å². The van der Waals surface area contributed by atoms with E-state index in [1.54, 1.807) is 4.90 Å². The van der Waals surface area contributed by atoms with E-state index in [0.717, 1.165) is 15.7 Å². The van der Waals surface area contributed by atoms with Gasteiger partial charge in [0.25, 0.3) is 0 Å². The van der Waals surface area contributed by atoms with Gasteiger partial charge in [0.05, 0.1) is 5.75 Å². The molecule has 1 amide bonds. The molecule has 8 heteroatoms. The molecule has 140 valence electrons. The Kier molecular flexibility index (Phi) is 6.18. The summed E-state index contributed by atoms with van der Waals surface area (Å²) < 4.78 is 2.30. The van der Waals surface area contributed by atoms with Crippen LogP contribution in [-0.2, 0) is 4.79 Å². The van der Waals surface area contributed by atoms with E-state index in [0.29, 0.717) is 11.0 Å². The van der Waals surface area contributed by atoms with Crippen LogP contribution in [0.5, 0.6) is 0 Å². The second-order valence-corrected chi connectivity index (χ2v) is 7.93. The first-order valence-corrected chi connectivity index (χ1v) is 10.2. The Hall–Kier alpha value is -2.32. The molecule has 0 spiro atoms. The molecule has 2 aromatic carbocycles. The average Bonchev–Trinajstić information content (AvgIpc) is 3.01. The Bertz CT molecular complexity index is 929. The molecule has 0 atom stereocenters. The molecule has 0 bridgehead atoms. The highest BCUT2D eigenvalue weighted by Gasteiger charge is 2.21. The lowest BCUT2D eigenvalue weighted by Gasteiger charge is -2.26. The van der Waals surface area contributed by atoms with Crippen LogP contribution in [0.2, 0.25) is 0 Å². The first-order valence-electron chi connectivity index (χ1n) is 8.44. The summed E-state index contributed by atoms with van der Waals surface area (Å²) in [5.74, 6) is 6.92. The predicted molar refractivity (Wildman–Crippen MR) is 113 cm³/mol. The molecule has 0 saturated carbocycles. The minimum atomic E-state index is -0.00774. The van der Waals surface area contributed by atoms with E-state index in [9.17, 15) is 4.79 Å². The lowest BCUT2D eigenvalue weighted by Crippen LogP contribution is -2.38. The van der Waals surface area contributed by atoms with Gasteiger partial charge in [0.2, 0.25) is 11.1 Å². The van der Waals surface area contributed by atoms with Crippen LogP contribution >= 0.6 is 27.7 Å². The van der Waals surface area contributed by atoms with Crippen LogP contribution in [0.3, 0.4) is 0 Å². The lowest BCUT2D eigenvalue weighted by atomic mass is 10.2. The highest BCUT2D eigenvalue weighted by atomic mass is 79.9. The van der Waals surface area contributed by atoms with Crippen molar-refractivity contribution >= 4 is 39.3 Å². The van der Waals surface area contributed by atoms with Crippen molar-refractivity contribution in [1.29, 1.82) is 0 Å². The highest BCUT2D eigenvalue weighted by molar-refractivity contribution is 9.10. The van der Waals surface area contributed by atoms with Crippen molar-refractivity contribution in [1.82, 2.24) is 14.9 Å². The Morgan fingerprint density at radius 1 is 1.15 bits per heavy atom. The molecule has 0 radical (unpaired) electrons. The number of hydrogen-bond acceptors (Lipinski definition) is 5. The molecule has 0 aliphatic carbocycles. The number of amides is 1. The summed E-state index contributed by atoms with van der Waals surface area (Å²) in [6, 6.07) is 17.3. The maximum absolute atomic E-state index is 12.8. The average molecular weight is 446 g/mol. The zero-order valence-electron chi connectivity index (χ0n) is 15.0. The van der Waals surface area contributed by atoms with Crippen molar-refractivity contribution in [3.05, 3.63) is 59.1 Å². The maximum Gasteiger partial charge on any atom is 0.237 e. The summed E-state index contributed by atoms with van der Waals surface area (Å²) in [7, 11) is 0. The molecule has 0 saturated heterocycles. The molecular formula is C19H20BrN5OS. The SMILES string of the molecule is CC(C)N(C(=O)CSc1nnc(-c2ccccc2Br)n1N)c1ccccc1. The fourth-order valence-electron chi connectivity index (χ4n) is 2.72. The van der Waals surface area contributed by atoms with E-state index >= 15 is 0 Å². The van der Waals surface area contributed by atoms with E-state index in [1.165, 1.54) is 16.4 Å². The highest BCUT2D eigenvalue weighted by Crippen LogP contribution is 2.28. The molecule has 1 aromatic heterocycles. The van der Waals surface area contributed by atoms with Gasteiger partial charge in [-0.05, 0) is 38.1 Å². The number of benzene rings is 2. The van der Waals surface area contributed by atoms with Crippen molar-refractivity contribution in [2.45, 2.75) is 25.0 Å². The number of rotatable bonds is 6. The number of para-hydroxylation sites is 1. The topological polar surface area (TPSA) is 77.0 Å². The van der Waals surface area contributed by atoms with E-state index in [2.05, 4.69) is 26.1 Å². The molecule has 0 fully saturated rings. The smallest absolute Gasteiger partial charge is 0.237 e. The molecule has 0 unspecified atom stereocenters. The third-order valence-electron chi connectivity index (χ3n) is 3.92. The first-order chi connectivity index (χ1) is 13.0. The fourth-order valence-corrected chi connectivity index (χ4v) is 3.89. The van der Waals surface area contributed by atoms with Crippen molar-refractivity contribution in [3.63, 3.8) is 0 Å². The number of carbonyl (C=O) groups is 1. The second-order valence-electron chi connectivity index (χ2n) is 6.14. The summed E-state index contributed by atoms with van der Waals surface area (Å²) in [5.41, 5.74) is 1.72. The third-order valence-corrected chi connectivity index (χ3v) is 5.54.